The van der Waals surface area contributed by atoms with Crippen LogP contribution >= 0.6 is 0 Å². The number of H-pyrrole nitrogens is 2. The van der Waals surface area contributed by atoms with Crippen molar-refractivity contribution in [2.75, 3.05) is 18.0 Å². The molecule has 5 aromatic rings. The molecule has 0 spiro atoms. The van der Waals surface area contributed by atoms with Crippen molar-refractivity contribution in [3.63, 3.8) is 0 Å². The second-order valence-electron chi connectivity index (χ2n) is 10.6. The Morgan fingerprint density at radius 3 is 2.47 bits per heavy atom. The number of aromatic amines is 2. The summed E-state index contributed by atoms with van der Waals surface area (Å²) in [7, 11) is 0. The van der Waals surface area contributed by atoms with Crippen LogP contribution in [0.25, 0.3) is 33.5 Å². The molecule has 2 aliphatic rings. The highest BCUT2D eigenvalue weighted by molar-refractivity contribution is 5.94. The largest absolute Gasteiger partial charge is 0.505 e. The monoisotopic (exact) mass is 612 g/mol. The van der Waals surface area contributed by atoms with E-state index < -0.39 is 5.82 Å². The van der Waals surface area contributed by atoms with Gasteiger partial charge in [-0.2, -0.15) is 5.10 Å². The number of aromatic hydroxyl groups is 1. The topological polar surface area (TPSA) is 127 Å². The second-order valence-corrected chi connectivity index (χ2v) is 10.6. The number of phenolic OH excluding ortho intramolecular Hbond substituents is 1. The number of rotatable bonds is 5. The van der Waals surface area contributed by atoms with E-state index in [9.17, 15) is 14.3 Å². The molecule has 3 N–H and O–H groups in total. The number of hydrogen-bond acceptors (Lipinski definition) is 7. The molecule has 0 aliphatic carbocycles. The number of fused-ring (bicyclic) bond motifs is 2. The van der Waals surface area contributed by atoms with E-state index in [1.54, 1.807) is 17.3 Å². The van der Waals surface area contributed by atoms with Crippen molar-refractivity contribution in [2.24, 2.45) is 0 Å². The zero-order valence-corrected chi connectivity index (χ0v) is 26.6. The average molecular weight is 613 g/mol. The molecule has 7 rings (SSSR count). The van der Waals surface area contributed by atoms with E-state index in [1.807, 2.05) is 52.8 Å². The highest BCUT2D eigenvalue weighted by Gasteiger charge is 2.29. The molecule has 0 radical (unpaired) electrons. The Hall–Kier alpha value is -4.80. The van der Waals surface area contributed by atoms with Crippen molar-refractivity contribution in [3.8, 4) is 28.4 Å². The van der Waals surface area contributed by atoms with Gasteiger partial charge in [0.2, 0.25) is 0 Å². The summed E-state index contributed by atoms with van der Waals surface area (Å²) in [6.45, 7) is 12.7. The SMILES string of the molecule is CC.CC.CCc1cc(O)c(F)cc1-c1ccc2c(-c3nc4c([nH]3)CN(C(=O)c3cnc(N5CCCCC5)cn3)C4)n[nH]c2c1. The van der Waals surface area contributed by atoms with E-state index in [-0.39, 0.29) is 11.7 Å². The molecule has 45 heavy (non-hydrogen) atoms. The summed E-state index contributed by atoms with van der Waals surface area (Å²) in [6, 6.07) is 8.62. The van der Waals surface area contributed by atoms with Gasteiger partial charge in [-0.05, 0) is 66.6 Å². The number of piperidine rings is 1. The van der Waals surface area contributed by atoms with Gasteiger partial charge >= 0.3 is 0 Å². The molecule has 2 aliphatic heterocycles. The Morgan fingerprint density at radius 1 is 1.00 bits per heavy atom. The average Bonchev–Trinajstić information content (AvgIpc) is 3.81. The summed E-state index contributed by atoms with van der Waals surface area (Å²) in [5.74, 6) is 0.267. The third kappa shape index (κ3) is 6.25. The maximum Gasteiger partial charge on any atom is 0.274 e. The van der Waals surface area contributed by atoms with Gasteiger partial charge < -0.3 is 19.9 Å². The minimum Gasteiger partial charge on any atom is -0.505 e. The van der Waals surface area contributed by atoms with E-state index in [0.717, 1.165) is 70.7 Å². The predicted octanol–water partition coefficient (Wildman–Crippen LogP) is 7.02. The first-order chi connectivity index (χ1) is 22.0. The van der Waals surface area contributed by atoms with Gasteiger partial charge in [0.15, 0.2) is 17.4 Å². The quantitative estimate of drug-likeness (QED) is 0.195. The van der Waals surface area contributed by atoms with Crippen LogP contribution in [0.2, 0.25) is 0 Å². The smallest absolute Gasteiger partial charge is 0.274 e. The minimum atomic E-state index is -0.651. The number of carbonyl (C=O) groups excluding carboxylic acids is 1. The zero-order valence-electron chi connectivity index (χ0n) is 26.6. The van der Waals surface area contributed by atoms with Crippen LogP contribution < -0.4 is 4.90 Å². The summed E-state index contributed by atoms with van der Waals surface area (Å²) in [5.41, 5.74) is 5.86. The van der Waals surface area contributed by atoms with Crippen molar-refractivity contribution < 1.29 is 14.3 Å². The molecule has 0 atom stereocenters. The molecule has 11 heteroatoms. The highest BCUT2D eigenvalue weighted by atomic mass is 19.1. The lowest BCUT2D eigenvalue weighted by Crippen LogP contribution is -2.31. The van der Waals surface area contributed by atoms with Crippen LogP contribution in [-0.2, 0) is 19.5 Å². The first-order valence-corrected chi connectivity index (χ1v) is 15.9. The number of nitrogens with one attached hydrogen (secondary N) is 2. The summed E-state index contributed by atoms with van der Waals surface area (Å²) >= 11 is 0. The Bertz CT molecular complexity index is 1750. The normalized spacial score (nSPS) is 14.0. The van der Waals surface area contributed by atoms with Gasteiger partial charge in [-0.3, -0.25) is 9.89 Å². The Balaban J connectivity index is 0.000000963. The van der Waals surface area contributed by atoms with Gasteiger partial charge in [0.25, 0.3) is 5.91 Å². The molecule has 3 aromatic heterocycles. The van der Waals surface area contributed by atoms with Gasteiger partial charge in [0, 0.05) is 18.5 Å². The Kier molecular flexibility index (Phi) is 9.75. The van der Waals surface area contributed by atoms with Crippen LogP contribution in [-0.4, -0.2) is 59.1 Å². The van der Waals surface area contributed by atoms with E-state index in [2.05, 4.69) is 30.0 Å². The minimum absolute atomic E-state index is 0.175. The van der Waals surface area contributed by atoms with Crippen LogP contribution in [0.4, 0.5) is 10.2 Å². The van der Waals surface area contributed by atoms with Crippen LogP contribution in [0.15, 0.2) is 42.7 Å². The summed E-state index contributed by atoms with van der Waals surface area (Å²) in [4.78, 5) is 34.1. The van der Waals surface area contributed by atoms with Gasteiger partial charge in [0.1, 0.15) is 17.2 Å². The summed E-state index contributed by atoms with van der Waals surface area (Å²) < 4.78 is 14.1. The Labute approximate surface area is 262 Å². The molecule has 0 bridgehead atoms. The van der Waals surface area contributed by atoms with Gasteiger partial charge in [-0.15, -0.1) is 0 Å². The van der Waals surface area contributed by atoms with E-state index in [1.165, 1.54) is 18.6 Å². The second kappa shape index (κ2) is 13.9. The number of carbonyl (C=O) groups is 1. The van der Waals surface area contributed by atoms with Gasteiger partial charge in [0.05, 0.1) is 42.4 Å². The molecule has 236 valence electrons. The molecule has 1 fully saturated rings. The van der Waals surface area contributed by atoms with Crippen molar-refractivity contribution >= 4 is 22.6 Å². The molecule has 2 aromatic carbocycles. The predicted molar refractivity (Wildman–Crippen MR) is 174 cm³/mol. The lowest BCUT2D eigenvalue weighted by molar-refractivity contribution is 0.0742. The lowest BCUT2D eigenvalue weighted by atomic mass is 9.96. The number of anilines is 1. The van der Waals surface area contributed by atoms with Gasteiger partial charge in [-0.25, -0.2) is 19.3 Å². The maximum atomic E-state index is 14.1. The fourth-order valence-corrected chi connectivity index (χ4v) is 5.80. The Morgan fingerprint density at radius 2 is 1.78 bits per heavy atom. The number of hydrogen-bond donors (Lipinski definition) is 3. The van der Waals surface area contributed by atoms with Gasteiger partial charge in [-0.1, -0.05) is 40.7 Å². The number of benzene rings is 2. The third-order valence-corrected chi connectivity index (χ3v) is 8.03. The molecule has 5 heterocycles. The number of aryl methyl sites for hydroxylation is 1. The first-order valence-electron chi connectivity index (χ1n) is 15.9. The number of nitrogens with zero attached hydrogens (tertiary/aromatic N) is 6. The summed E-state index contributed by atoms with van der Waals surface area (Å²) in [6.07, 6.45) is 7.46. The van der Waals surface area contributed by atoms with Crippen molar-refractivity contribution in [2.45, 2.75) is 73.4 Å². The van der Waals surface area contributed by atoms with Crippen LogP contribution in [0.3, 0.4) is 0 Å². The third-order valence-electron chi connectivity index (χ3n) is 8.03. The first kappa shape index (κ1) is 31.6. The fraction of sp³-hybridized carbons (Fsp3) is 0.382. The standard InChI is InChI=1S/C30H29FN8O2.2C2H6/c1-2-17-11-26(40)21(31)12-20(17)18-6-7-19-22(10-18)36-37-28(19)29-34-24-15-39(16-25(24)35-29)30(41)23-13-33-27(14-32-23)38-8-4-3-5-9-38;2*1-2/h6-7,10-14,40H,2-5,8-9,15-16H2,1H3,(H,34,35)(H,36,37);2*1-2H3. The van der Waals surface area contributed by atoms with Crippen LogP contribution in [0, 0.1) is 5.82 Å². The van der Waals surface area contributed by atoms with E-state index >= 15 is 0 Å². The molecule has 0 unspecified atom stereocenters. The maximum absolute atomic E-state index is 14.1. The molecule has 0 saturated carbocycles. The highest BCUT2D eigenvalue weighted by Crippen LogP contribution is 2.34. The number of amides is 1. The molecular weight excluding hydrogens is 571 g/mol. The number of halogens is 1. The van der Waals surface area contributed by atoms with E-state index in [4.69, 9.17) is 4.98 Å². The zero-order chi connectivity index (χ0) is 32.1. The molecule has 1 saturated heterocycles. The van der Waals surface area contributed by atoms with Crippen LogP contribution in [0.1, 0.15) is 81.3 Å². The van der Waals surface area contributed by atoms with Crippen molar-refractivity contribution in [1.82, 2.24) is 35.0 Å². The molecule has 10 nitrogen and oxygen atoms in total. The van der Waals surface area contributed by atoms with E-state index in [0.29, 0.717) is 36.7 Å². The van der Waals surface area contributed by atoms with Crippen LogP contribution in [0.5, 0.6) is 5.75 Å². The fourth-order valence-electron chi connectivity index (χ4n) is 5.80. The number of phenols is 1. The lowest BCUT2D eigenvalue weighted by Gasteiger charge is -2.27. The number of aromatic nitrogens is 6. The number of imidazole rings is 1. The summed E-state index contributed by atoms with van der Waals surface area (Å²) in [5, 5.41) is 18.2. The van der Waals surface area contributed by atoms with Crippen molar-refractivity contribution in [1.29, 1.82) is 0 Å². The molecule has 1 amide bonds. The van der Waals surface area contributed by atoms with Crippen molar-refractivity contribution in [3.05, 3.63) is 71.2 Å². The molecular formula is C34H41FN8O2.